The van der Waals surface area contributed by atoms with Gasteiger partial charge in [-0.3, -0.25) is 4.79 Å². The largest absolute Gasteiger partial charge is 0.480 e. The maximum Gasteiger partial charge on any atom is 0.327 e. The van der Waals surface area contributed by atoms with E-state index in [-0.39, 0.29) is 11.3 Å². The van der Waals surface area contributed by atoms with Crippen LogP contribution in [0.4, 0.5) is 0 Å². The molecule has 1 aliphatic heterocycles. The Balaban J connectivity index is 1.96. The molecule has 1 fully saturated rings. The van der Waals surface area contributed by atoms with Gasteiger partial charge in [-0.15, -0.1) is 23.1 Å². The van der Waals surface area contributed by atoms with Crippen LogP contribution >= 0.6 is 23.1 Å². The number of thioether (sulfide) groups is 1. The molecule has 2 aromatic heterocycles. The highest BCUT2D eigenvalue weighted by Crippen LogP contribution is 2.42. The van der Waals surface area contributed by atoms with Crippen molar-refractivity contribution >= 4 is 35.0 Å². The molecule has 1 aliphatic rings. The van der Waals surface area contributed by atoms with Crippen LogP contribution in [-0.2, 0) is 4.79 Å². The van der Waals surface area contributed by atoms with Gasteiger partial charge in [0.1, 0.15) is 17.2 Å². The lowest BCUT2D eigenvalue weighted by atomic mass is 10.2. The number of carbonyl (C=O) groups excluding carboxylic acids is 1. The fourth-order valence-corrected chi connectivity index (χ4v) is 4.16. The van der Waals surface area contributed by atoms with Crippen LogP contribution in [0.25, 0.3) is 0 Å². The summed E-state index contributed by atoms with van der Waals surface area (Å²) in [5.41, 5.74) is 0. The van der Waals surface area contributed by atoms with E-state index in [1.807, 2.05) is 0 Å². The number of carboxylic acids is 1. The lowest BCUT2D eigenvalue weighted by Crippen LogP contribution is -2.42. The molecule has 2 aromatic rings. The number of thiophene rings is 1. The van der Waals surface area contributed by atoms with Gasteiger partial charge in [0.25, 0.3) is 5.91 Å². The predicted molar refractivity (Wildman–Crippen MR) is 75.8 cm³/mol. The minimum Gasteiger partial charge on any atom is -0.480 e. The Morgan fingerprint density at radius 3 is 2.80 bits per heavy atom. The van der Waals surface area contributed by atoms with Gasteiger partial charge in [0.2, 0.25) is 0 Å². The van der Waals surface area contributed by atoms with Gasteiger partial charge < -0.3 is 14.4 Å². The maximum absolute atomic E-state index is 12.5. The van der Waals surface area contributed by atoms with Crippen LogP contribution in [0.3, 0.4) is 0 Å². The van der Waals surface area contributed by atoms with E-state index in [4.69, 9.17) is 4.42 Å². The van der Waals surface area contributed by atoms with E-state index in [9.17, 15) is 14.7 Å². The Labute approximate surface area is 123 Å². The molecule has 0 spiro atoms. The molecule has 0 aliphatic carbocycles. The quantitative estimate of drug-likeness (QED) is 0.944. The number of furan rings is 1. The second kappa shape index (κ2) is 5.34. The highest BCUT2D eigenvalue weighted by molar-refractivity contribution is 7.99. The highest BCUT2D eigenvalue weighted by Gasteiger charge is 2.44. The van der Waals surface area contributed by atoms with Crippen molar-refractivity contribution in [1.82, 2.24) is 4.90 Å². The van der Waals surface area contributed by atoms with Gasteiger partial charge in [-0.25, -0.2) is 4.79 Å². The zero-order valence-corrected chi connectivity index (χ0v) is 11.9. The van der Waals surface area contributed by atoms with Crippen molar-refractivity contribution in [2.45, 2.75) is 11.4 Å². The molecular weight excluding hydrogens is 298 g/mol. The third-order valence-electron chi connectivity index (χ3n) is 3.04. The average Bonchev–Trinajstić information content (AvgIpc) is 3.17. The van der Waals surface area contributed by atoms with Crippen molar-refractivity contribution in [2.24, 2.45) is 0 Å². The Hall–Kier alpha value is -1.73. The summed E-state index contributed by atoms with van der Waals surface area (Å²) in [6.45, 7) is 0. The molecule has 0 bridgehead atoms. The Bertz CT molecular complexity index is 608. The maximum atomic E-state index is 12.5. The fourth-order valence-electron chi connectivity index (χ4n) is 2.12. The van der Waals surface area contributed by atoms with Crippen LogP contribution in [0.1, 0.15) is 20.8 Å². The van der Waals surface area contributed by atoms with Gasteiger partial charge >= 0.3 is 5.97 Å². The first-order valence-corrected chi connectivity index (χ1v) is 7.85. The van der Waals surface area contributed by atoms with E-state index in [0.717, 1.165) is 0 Å². The summed E-state index contributed by atoms with van der Waals surface area (Å²) in [6, 6.07) is 6.14. The average molecular weight is 309 g/mol. The van der Waals surface area contributed by atoms with Crippen LogP contribution in [0.5, 0.6) is 0 Å². The first-order valence-electron chi connectivity index (χ1n) is 5.92. The second-order valence-electron chi connectivity index (χ2n) is 4.24. The molecule has 3 rings (SSSR count). The Morgan fingerprint density at radius 1 is 1.35 bits per heavy atom. The molecule has 2 unspecified atom stereocenters. The van der Waals surface area contributed by atoms with E-state index in [2.05, 4.69) is 0 Å². The van der Waals surface area contributed by atoms with Crippen molar-refractivity contribution in [3.8, 4) is 0 Å². The van der Waals surface area contributed by atoms with Gasteiger partial charge in [0.05, 0.1) is 11.1 Å². The SMILES string of the molecule is O=C(O)C1CSC(c2ccco2)N1C(=O)c1cccs1. The van der Waals surface area contributed by atoms with Gasteiger partial charge in [-0.1, -0.05) is 6.07 Å². The standard InChI is InChI=1S/C13H11NO4S2/c15-11(10-4-2-6-19-10)14-8(13(16)17)7-20-12(14)9-3-1-5-18-9/h1-6,8,12H,7H2,(H,16,17). The van der Waals surface area contributed by atoms with E-state index >= 15 is 0 Å². The monoisotopic (exact) mass is 309 g/mol. The lowest BCUT2D eigenvalue weighted by molar-refractivity contribution is -0.141. The second-order valence-corrected chi connectivity index (χ2v) is 6.31. The van der Waals surface area contributed by atoms with Crippen LogP contribution in [0, 0.1) is 0 Å². The summed E-state index contributed by atoms with van der Waals surface area (Å²) in [7, 11) is 0. The molecule has 5 nitrogen and oxygen atoms in total. The number of nitrogens with zero attached hydrogens (tertiary/aromatic N) is 1. The molecule has 1 N–H and O–H groups in total. The summed E-state index contributed by atoms with van der Waals surface area (Å²) < 4.78 is 5.34. The predicted octanol–water partition coefficient (Wildman–Crippen LogP) is 2.68. The lowest BCUT2D eigenvalue weighted by Gasteiger charge is -2.25. The molecule has 7 heteroatoms. The smallest absolute Gasteiger partial charge is 0.327 e. The number of hydrogen-bond donors (Lipinski definition) is 1. The van der Waals surface area contributed by atoms with Gasteiger partial charge in [-0.2, -0.15) is 0 Å². The van der Waals surface area contributed by atoms with Crippen LogP contribution < -0.4 is 0 Å². The van der Waals surface area contributed by atoms with Crippen molar-refractivity contribution in [1.29, 1.82) is 0 Å². The first kappa shape index (κ1) is 13.3. The summed E-state index contributed by atoms with van der Waals surface area (Å²) in [6.07, 6.45) is 1.53. The normalized spacial score (nSPS) is 22.1. The number of aliphatic carboxylic acids is 1. The van der Waals surface area contributed by atoms with Crippen molar-refractivity contribution in [3.05, 3.63) is 46.5 Å². The zero-order chi connectivity index (χ0) is 14.1. The molecule has 2 atom stereocenters. The van der Waals surface area contributed by atoms with Gasteiger partial charge in [0.15, 0.2) is 0 Å². The summed E-state index contributed by atoms with van der Waals surface area (Å²) in [4.78, 5) is 25.9. The summed E-state index contributed by atoms with van der Waals surface area (Å²) in [5, 5.41) is 10.7. The third kappa shape index (κ3) is 2.23. The zero-order valence-electron chi connectivity index (χ0n) is 10.3. The summed E-state index contributed by atoms with van der Waals surface area (Å²) in [5.74, 6) is -0.295. The molecule has 1 amide bonds. The van der Waals surface area contributed by atoms with E-state index in [1.165, 1.54) is 34.3 Å². The van der Waals surface area contributed by atoms with Gasteiger partial charge in [-0.05, 0) is 23.6 Å². The molecule has 0 saturated carbocycles. The number of amides is 1. The topological polar surface area (TPSA) is 70.8 Å². The number of carbonyl (C=O) groups is 2. The molecule has 1 saturated heterocycles. The molecule has 0 radical (unpaired) electrons. The van der Waals surface area contributed by atoms with Crippen molar-refractivity contribution in [2.75, 3.05) is 5.75 Å². The highest BCUT2D eigenvalue weighted by atomic mass is 32.2. The summed E-state index contributed by atoms with van der Waals surface area (Å²) >= 11 is 2.71. The fraction of sp³-hybridized carbons (Fsp3) is 0.231. The molecule has 3 heterocycles. The first-order chi connectivity index (χ1) is 9.68. The van der Waals surface area contributed by atoms with E-state index in [0.29, 0.717) is 16.4 Å². The van der Waals surface area contributed by atoms with Crippen LogP contribution in [0.15, 0.2) is 40.3 Å². The number of hydrogen-bond acceptors (Lipinski definition) is 5. The minimum absolute atomic E-state index is 0.265. The third-order valence-corrected chi connectivity index (χ3v) is 5.18. The van der Waals surface area contributed by atoms with E-state index in [1.54, 1.807) is 29.6 Å². The van der Waals surface area contributed by atoms with Crippen molar-refractivity contribution < 1.29 is 19.1 Å². The Morgan fingerprint density at radius 2 is 2.20 bits per heavy atom. The molecule has 104 valence electrons. The Kier molecular flexibility index (Phi) is 3.54. The minimum atomic E-state index is -0.989. The number of carboxylic acid groups (broad SMARTS) is 1. The van der Waals surface area contributed by atoms with Crippen LogP contribution in [-0.4, -0.2) is 33.7 Å². The van der Waals surface area contributed by atoms with Crippen LogP contribution in [0.2, 0.25) is 0 Å². The molecular formula is C13H11NO4S2. The molecule has 20 heavy (non-hydrogen) atoms. The van der Waals surface area contributed by atoms with Gasteiger partial charge in [0, 0.05) is 5.75 Å². The number of rotatable bonds is 3. The van der Waals surface area contributed by atoms with Crippen molar-refractivity contribution in [3.63, 3.8) is 0 Å². The van der Waals surface area contributed by atoms with E-state index < -0.39 is 12.0 Å². The molecule has 0 aromatic carbocycles.